The summed E-state index contributed by atoms with van der Waals surface area (Å²) in [6, 6.07) is 0. The lowest BCUT2D eigenvalue weighted by Gasteiger charge is -2.32. The van der Waals surface area contributed by atoms with Crippen molar-refractivity contribution in [2.75, 3.05) is 13.1 Å². The average Bonchev–Trinajstić information content (AvgIpc) is 2.48. The van der Waals surface area contributed by atoms with Gasteiger partial charge in [-0.1, -0.05) is 6.08 Å². The van der Waals surface area contributed by atoms with E-state index in [1.807, 2.05) is 33.8 Å². The van der Waals surface area contributed by atoms with Gasteiger partial charge in [-0.05, 0) is 39.6 Å². The van der Waals surface area contributed by atoms with Gasteiger partial charge < -0.3 is 19.3 Å². The maximum Gasteiger partial charge on any atom is 0.490 e. The fourth-order valence-electron chi connectivity index (χ4n) is 2.07. The molecule has 2 heterocycles. The van der Waals surface area contributed by atoms with Gasteiger partial charge in [0.15, 0.2) is 0 Å². The van der Waals surface area contributed by atoms with Crippen LogP contribution in [0.5, 0.6) is 0 Å². The minimum Gasteiger partial charge on any atom is -0.465 e. The number of rotatable bonds is 1. The van der Waals surface area contributed by atoms with E-state index >= 15 is 0 Å². The first kappa shape index (κ1) is 13.4. The third-order valence-electron chi connectivity index (χ3n) is 4.07. The zero-order valence-electron chi connectivity index (χ0n) is 11.4. The second kappa shape index (κ2) is 4.28. The molecule has 1 N–H and O–H groups in total. The van der Waals surface area contributed by atoms with Gasteiger partial charge in [0.2, 0.25) is 0 Å². The first-order valence-corrected chi connectivity index (χ1v) is 6.25. The number of hydrogen-bond acceptors (Lipinski definition) is 3. The molecule has 0 aromatic carbocycles. The van der Waals surface area contributed by atoms with Gasteiger partial charge >= 0.3 is 13.2 Å². The third-order valence-corrected chi connectivity index (χ3v) is 4.07. The Morgan fingerprint density at radius 1 is 1.33 bits per heavy atom. The molecule has 0 spiro atoms. The number of carboxylic acid groups (broad SMARTS) is 1. The number of nitrogens with zero attached hydrogens (tertiary/aromatic N) is 1. The number of carbonyl (C=O) groups is 1. The van der Waals surface area contributed by atoms with Crippen LogP contribution in [0.15, 0.2) is 11.5 Å². The second-order valence-corrected chi connectivity index (χ2v) is 5.85. The second-order valence-electron chi connectivity index (χ2n) is 5.85. The van der Waals surface area contributed by atoms with Crippen molar-refractivity contribution in [2.45, 2.75) is 45.3 Å². The Balaban J connectivity index is 2.06. The van der Waals surface area contributed by atoms with Crippen molar-refractivity contribution >= 4 is 13.2 Å². The molecular formula is C12H20BNO4. The Morgan fingerprint density at radius 3 is 2.28 bits per heavy atom. The van der Waals surface area contributed by atoms with Crippen molar-refractivity contribution in [2.24, 2.45) is 0 Å². The predicted molar refractivity (Wildman–Crippen MR) is 68.4 cm³/mol. The van der Waals surface area contributed by atoms with Gasteiger partial charge in [0.1, 0.15) is 0 Å². The first-order valence-electron chi connectivity index (χ1n) is 6.25. The molecule has 2 aliphatic rings. The van der Waals surface area contributed by atoms with Gasteiger partial charge in [0.25, 0.3) is 0 Å². The summed E-state index contributed by atoms with van der Waals surface area (Å²) in [6.07, 6.45) is 1.70. The van der Waals surface area contributed by atoms with Gasteiger partial charge in [-0.25, -0.2) is 4.79 Å². The van der Waals surface area contributed by atoms with Crippen LogP contribution >= 0.6 is 0 Å². The maximum atomic E-state index is 10.8. The van der Waals surface area contributed by atoms with Crippen molar-refractivity contribution in [1.82, 2.24) is 4.90 Å². The van der Waals surface area contributed by atoms with Crippen LogP contribution < -0.4 is 0 Å². The molecule has 1 fully saturated rings. The Bertz CT molecular complexity index is 376. The highest BCUT2D eigenvalue weighted by Crippen LogP contribution is 2.39. The summed E-state index contributed by atoms with van der Waals surface area (Å²) in [6.45, 7) is 8.97. The first-order chi connectivity index (χ1) is 8.23. The van der Waals surface area contributed by atoms with E-state index in [1.165, 1.54) is 4.90 Å². The van der Waals surface area contributed by atoms with Gasteiger partial charge in [0, 0.05) is 13.1 Å². The molecule has 1 amide bonds. The van der Waals surface area contributed by atoms with Crippen LogP contribution in [0.4, 0.5) is 4.79 Å². The Morgan fingerprint density at radius 2 is 1.89 bits per heavy atom. The summed E-state index contributed by atoms with van der Waals surface area (Å²) in [5.41, 5.74) is 0.358. The smallest absolute Gasteiger partial charge is 0.465 e. The number of amides is 1. The summed E-state index contributed by atoms with van der Waals surface area (Å²) in [7, 11) is -0.342. The SMILES string of the molecule is CC1(C)OB(C2=CCN(C(=O)O)CC2)OC1(C)C. The van der Waals surface area contributed by atoms with Crippen LogP contribution in [0.2, 0.25) is 0 Å². The molecule has 0 aromatic heterocycles. The molecule has 2 rings (SSSR count). The van der Waals surface area contributed by atoms with Crippen LogP contribution in [0.3, 0.4) is 0 Å². The lowest BCUT2D eigenvalue weighted by Crippen LogP contribution is -2.41. The minimum atomic E-state index is -0.876. The monoisotopic (exact) mass is 253 g/mol. The molecule has 6 heteroatoms. The Labute approximate surface area is 108 Å². The molecular weight excluding hydrogens is 233 g/mol. The van der Waals surface area contributed by atoms with E-state index in [9.17, 15) is 4.79 Å². The van der Waals surface area contributed by atoms with Crippen molar-refractivity contribution in [3.63, 3.8) is 0 Å². The van der Waals surface area contributed by atoms with E-state index in [-0.39, 0.29) is 18.3 Å². The van der Waals surface area contributed by atoms with Crippen LogP contribution in [0.25, 0.3) is 0 Å². The Kier molecular flexibility index (Phi) is 3.19. The van der Waals surface area contributed by atoms with E-state index in [0.717, 1.165) is 5.47 Å². The molecule has 0 saturated carbocycles. The minimum absolute atomic E-state index is 0.342. The van der Waals surface area contributed by atoms with E-state index in [1.54, 1.807) is 0 Å². The van der Waals surface area contributed by atoms with Gasteiger partial charge in [-0.15, -0.1) is 0 Å². The summed E-state index contributed by atoms with van der Waals surface area (Å²) >= 11 is 0. The van der Waals surface area contributed by atoms with Crippen molar-refractivity contribution in [3.05, 3.63) is 11.5 Å². The fourth-order valence-corrected chi connectivity index (χ4v) is 2.07. The zero-order chi connectivity index (χ0) is 13.6. The van der Waals surface area contributed by atoms with Crippen LogP contribution in [0, 0.1) is 0 Å². The van der Waals surface area contributed by atoms with Gasteiger partial charge in [0.05, 0.1) is 11.2 Å². The van der Waals surface area contributed by atoms with Crippen LogP contribution in [-0.2, 0) is 9.31 Å². The lowest BCUT2D eigenvalue weighted by atomic mass is 9.75. The van der Waals surface area contributed by atoms with E-state index < -0.39 is 6.09 Å². The molecule has 2 aliphatic heterocycles. The number of hydrogen-bond donors (Lipinski definition) is 1. The highest BCUT2D eigenvalue weighted by Gasteiger charge is 2.52. The lowest BCUT2D eigenvalue weighted by molar-refractivity contribution is 0.00578. The topological polar surface area (TPSA) is 59.0 Å². The molecule has 18 heavy (non-hydrogen) atoms. The summed E-state index contributed by atoms with van der Waals surface area (Å²) < 4.78 is 11.9. The van der Waals surface area contributed by atoms with Crippen LogP contribution in [0.1, 0.15) is 34.1 Å². The summed E-state index contributed by atoms with van der Waals surface area (Å²) in [5, 5.41) is 8.89. The average molecular weight is 253 g/mol. The normalized spacial score (nSPS) is 26.1. The quantitative estimate of drug-likeness (QED) is 0.725. The van der Waals surface area contributed by atoms with Gasteiger partial charge in [-0.2, -0.15) is 0 Å². The summed E-state index contributed by atoms with van der Waals surface area (Å²) in [5.74, 6) is 0. The van der Waals surface area contributed by atoms with Crippen molar-refractivity contribution in [3.8, 4) is 0 Å². The van der Waals surface area contributed by atoms with Crippen molar-refractivity contribution < 1.29 is 19.2 Å². The molecule has 100 valence electrons. The van der Waals surface area contributed by atoms with E-state index in [0.29, 0.717) is 19.5 Å². The fraction of sp³-hybridized carbons (Fsp3) is 0.750. The maximum absolute atomic E-state index is 10.8. The van der Waals surface area contributed by atoms with Crippen molar-refractivity contribution in [1.29, 1.82) is 0 Å². The third kappa shape index (κ3) is 2.27. The standard InChI is InChI=1S/C12H20BNO4/c1-11(2)12(3,4)18-13(17-11)9-5-7-14(8-6-9)10(15)16/h5H,6-8H2,1-4H3,(H,15,16). The largest absolute Gasteiger partial charge is 0.490 e. The Hall–Kier alpha value is -1.01. The van der Waals surface area contributed by atoms with Crippen LogP contribution in [-0.4, -0.2) is 47.5 Å². The van der Waals surface area contributed by atoms with E-state index in [2.05, 4.69) is 0 Å². The van der Waals surface area contributed by atoms with E-state index in [4.69, 9.17) is 14.4 Å². The molecule has 1 saturated heterocycles. The molecule has 0 bridgehead atoms. The molecule has 0 aromatic rings. The zero-order valence-corrected chi connectivity index (χ0v) is 11.4. The molecule has 0 atom stereocenters. The summed E-state index contributed by atoms with van der Waals surface area (Å²) in [4.78, 5) is 12.2. The molecule has 5 nitrogen and oxygen atoms in total. The molecule has 0 radical (unpaired) electrons. The predicted octanol–water partition coefficient (Wildman–Crippen LogP) is 1.93. The van der Waals surface area contributed by atoms with Gasteiger partial charge in [-0.3, -0.25) is 0 Å². The highest BCUT2D eigenvalue weighted by atomic mass is 16.7. The highest BCUT2D eigenvalue weighted by molar-refractivity contribution is 6.54. The molecule has 0 unspecified atom stereocenters. The molecule has 0 aliphatic carbocycles.